The van der Waals surface area contributed by atoms with Crippen molar-refractivity contribution in [2.75, 3.05) is 7.11 Å². The maximum absolute atomic E-state index is 12.9. The standard InChI is InChI=1S/C17H12F3NO2/c1-23-16(22)12-6-5-11-7-8-21(15(11)9-12)14-4-2-3-13(10-14)17(18,19)20/h2-10H,1H3. The number of fused-ring (bicyclic) bond motifs is 1. The van der Waals surface area contributed by atoms with Gasteiger partial charge in [-0.3, -0.25) is 0 Å². The van der Waals surface area contributed by atoms with Crippen molar-refractivity contribution in [3.05, 3.63) is 65.9 Å². The van der Waals surface area contributed by atoms with Crippen LogP contribution in [0, 0.1) is 0 Å². The number of nitrogens with zero attached hydrogens (tertiary/aromatic N) is 1. The zero-order valence-electron chi connectivity index (χ0n) is 12.1. The molecule has 0 atom stereocenters. The molecule has 0 aliphatic heterocycles. The fourth-order valence-electron chi connectivity index (χ4n) is 2.43. The van der Waals surface area contributed by atoms with E-state index in [2.05, 4.69) is 4.74 Å². The summed E-state index contributed by atoms with van der Waals surface area (Å²) in [6.45, 7) is 0. The number of hydrogen-bond acceptors (Lipinski definition) is 2. The van der Waals surface area contributed by atoms with Crippen LogP contribution in [-0.4, -0.2) is 17.6 Å². The summed E-state index contributed by atoms with van der Waals surface area (Å²) in [5.74, 6) is -0.497. The average Bonchev–Trinajstić information content (AvgIpc) is 2.96. The Kier molecular flexibility index (Phi) is 3.60. The third-order valence-corrected chi connectivity index (χ3v) is 3.57. The molecule has 0 bridgehead atoms. The summed E-state index contributed by atoms with van der Waals surface area (Å²) in [6, 6.07) is 11.8. The van der Waals surface area contributed by atoms with Crippen LogP contribution in [0.25, 0.3) is 16.6 Å². The molecule has 0 saturated carbocycles. The van der Waals surface area contributed by atoms with Gasteiger partial charge in [-0.1, -0.05) is 12.1 Å². The number of ether oxygens (including phenoxy) is 1. The van der Waals surface area contributed by atoms with Gasteiger partial charge in [-0.2, -0.15) is 13.2 Å². The lowest BCUT2D eigenvalue weighted by molar-refractivity contribution is -0.137. The quantitative estimate of drug-likeness (QED) is 0.654. The summed E-state index contributed by atoms with van der Waals surface area (Å²) in [4.78, 5) is 11.6. The summed E-state index contributed by atoms with van der Waals surface area (Å²) in [5, 5.41) is 0.815. The Balaban J connectivity index is 2.15. The van der Waals surface area contributed by atoms with Crippen LogP contribution in [0.5, 0.6) is 0 Å². The van der Waals surface area contributed by atoms with Gasteiger partial charge in [0.15, 0.2) is 0 Å². The van der Waals surface area contributed by atoms with Crippen LogP contribution in [0.2, 0.25) is 0 Å². The molecular weight excluding hydrogens is 307 g/mol. The lowest BCUT2D eigenvalue weighted by Gasteiger charge is -2.11. The van der Waals surface area contributed by atoms with Crippen molar-refractivity contribution in [3.63, 3.8) is 0 Å². The number of methoxy groups -OCH3 is 1. The van der Waals surface area contributed by atoms with Crippen LogP contribution in [-0.2, 0) is 10.9 Å². The van der Waals surface area contributed by atoms with Crippen molar-refractivity contribution in [1.82, 2.24) is 4.57 Å². The Hall–Kier alpha value is -2.76. The molecule has 0 saturated heterocycles. The van der Waals surface area contributed by atoms with Gasteiger partial charge in [-0.05, 0) is 41.8 Å². The molecule has 23 heavy (non-hydrogen) atoms. The molecule has 0 unspecified atom stereocenters. The number of hydrogen-bond donors (Lipinski definition) is 0. The Morgan fingerprint density at radius 3 is 2.57 bits per heavy atom. The van der Waals surface area contributed by atoms with E-state index in [9.17, 15) is 18.0 Å². The maximum Gasteiger partial charge on any atom is 0.416 e. The van der Waals surface area contributed by atoms with E-state index in [0.29, 0.717) is 16.8 Å². The van der Waals surface area contributed by atoms with Gasteiger partial charge in [-0.25, -0.2) is 4.79 Å². The molecule has 1 heterocycles. The van der Waals surface area contributed by atoms with Crippen LogP contribution >= 0.6 is 0 Å². The molecule has 0 amide bonds. The molecule has 0 radical (unpaired) electrons. The molecule has 0 aliphatic carbocycles. The van der Waals surface area contributed by atoms with Gasteiger partial charge in [0.25, 0.3) is 0 Å². The largest absolute Gasteiger partial charge is 0.465 e. The first kappa shape index (κ1) is 15.1. The van der Waals surface area contributed by atoms with E-state index < -0.39 is 17.7 Å². The van der Waals surface area contributed by atoms with Crippen molar-refractivity contribution >= 4 is 16.9 Å². The van der Waals surface area contributed by atoms with Crippen molar-refractivity contribution in [2.24, 2.45) is 0 Å². The first-order valence-corrected chi connectivity index (χ1v) is 6.77. The predicted octanol–water partition coefficient (Wildman–Crippen LogP) is 4.44. The van der Waals surface area contributed by atoms with Crippen LogP contribution in [0.1, 0.15) is 15.9 Å². The van der Waals surface area contributed by atoms with Crippen LogP contribution < -0.4 is 0 Å². The minimum atomic E-state index is -4.41. The molecule has 2 aromatic carbocycles. The van der Waals surface area contributed by atoms with Crippen molar-refractivity contribution in [3.8, 4) is 5.69 Å². The van der Waals surface area contributed by atoms with Crippen molar-refractivity contribution in [1.29, 1.82) is 0 Å². The normalized spacial score (nSPS) is 11.7. The zero-order chi connectivity index (χ0) is 16.6. The highest BCUT2D eigenvalue weighted by Crippen LogP contribution is 2.31. The van der Waals surface area contributed by atoms with Gasteiger partial charge in [-0.15, -0.1) is 0 Å². The molecule has 3 rings (SSSR count). The van der Waals surface area contributed by atoms with Gasteiger partial charge < -0.3 is 9.30 Å². The van der Waals surface area contributed by atoms with E-state index in [4.69, 9.17) is 0 Å². The number of aromatic nitrogens is 1. The van der Waals surface area contributed by atoms with E-state index in [0.717, 1.165) is 17.5 Å². The van der Waals surface area contributed by atoms with Crippen LogP contribution in [0.3, 0.4) is 0 Å². The summed E-state index contributed by atoms with van der Waals surface area (Å²) >= 11 is 0. The second kappa shape index (κ2) is 5.46. The third-order valence-electron chi connectivity index (χ3n) is 3.57. The average molecular weight is 319 g/mol. The number of esters is 1. The third kappa shape index (κ3) is 2.79. The van der Waals surface area contributed by atoms with E-state index in [1.54, 1.807) is 41.1 Å². The molecule has 118 valence electrons. The monoisotopic (exact) mass is 319 g/mol. The molecule has 3 aromatic rings. The SMILES string of the molecule is COC(=O)c1ccc2ccn(-c3cccc(C(F)(F)F)c3)c2c1. The molecule has 1 aromatic heterocycles. The van der Waals surface area contributed by atoms with E-state index in [1.807, 2.05) is 0 Å². The number of carbonyl (C=O) groups is 1. The van der Waals surface area contributed by atoms with Gasteiger partial charge in [0.05, 0.1) is 23.8 Å². The highest BCUT2D eigenvalue weighted by Gasteiger charge is 2.30. The lowest BCUT2D eigenvalue weighted by atomic mass is 10.1. The smallest absolute Gasteiger partial charge is 0.416 e. The molecule has 6 heteroatoms. The number of alkyl halides is 3. The Morgan fingerprint density at radius 2 is 1.87 bits per heavy atom. The van der Waals surface area contributed by atoms with Crippen LogP contribution in [0.15, 0.2) is 54.7 Å². The second-order valence-electron chi connectivity index (χ2n) is 5.00. The zero-order valence-corrected chi connectivity index (χ0v) is 12.1. The molecule has 0 aliphatic rings. The fraction of sp³-hybridized carbons (Fsp3) is 0.118. The second-order valence-corrected chi connectivity index (χ2v) is 5.00. The van der Waals surface area contributed by atoms with Gasteiger partial charge in [0.1, 0.15) is 0 Å². The minimum Gasteiger partial charge on any atom is -0.465 e. The van der Waals surface area contributed by atoms with E-state index in [1.165, 1.54) is 13.2 Å². The number of halogens is 3. The van der Waals surface area contributed by atoms with E-state index >= 15 is 0 Å². The first-order valence-electron chi connectivity index (χ1n) is 6.77. The fourth-order valence-corrected chi connectivity index (χ4v) is 2.43. The number of carbonyl (C=O) groups excluding carboxylic acids is 1. The Labute approximate surface area is 129 Å². The molecule has 0 fully saturated rings. The van der Waals surface area contributed by atoms with Gasteiger partial charge in [0.2, 0.25) is 0 Å². The Morgan fingerprint density at radius 1 is 1.09 bits per heavy atom. The highest BCUT2D eigenvalue weighted by atomic mass is 19.4. The van der Waals surface area contributed by atoms with E-state index in [-0.39, 0.29) is 0 Å². The van der Waals surface area contributed by atoms with Crippen molar-refractivity contribution in [2.45, 2.75) is 6.18 Å². The minimum absolute atomic E-state index is 0.340. The molecule has 3 nitrogen and oxygen atoms in total. The Bertz CT molecular complexity index is 881. The number of benzene rings is 2. The first-order chi connectivity index (χ1) is 10.9. The summed E-state index contributed by atoms with van der Waals surface area (Å²) in [5.41, 5.74) is 0.622. The predicted molar refractivity (Wildman–Crippen MR) is 79.6 cm³/mol. The molecule has 0 spiro atoms. The van der Waals surface area contributed by atoms with Gasteiger partial charge >= 0.3 is 12.1 Å². The topological polar surface area (TPSA) is 31.2 Å². The highest BCUT2D eigenvalue weighted by molar-refractivity contribution is 5.95. The maximum atomic E-state index is 12.9. The summed E-state index contributed by atoms with van der Waals surface area (Å²) in [6.07, 6.45) is -2.74. The van der Waals surface area contributed by atoms with Crippen molar-refractivity contribution < 1.29 is 22.7 Å². The molecule has 0 N–H and O–H groups in total. The molecular formula is C17H12F3NO2. The number of rotatable bonds is 2. The van der Waals surface area contributed by atoms with Crippen LogP contribution in [0.4, 0.5) is 13.2 Å². The summed E-state index contributed by atoms with van der Waals surface area (Å²) in [7, 11) is 1.28. The van der Waals surface area contributed by atoms with Gasteiger partial charge in [0, 0.05) is 11.9 Å². The lowest BCUT2D eigenvalue weighted by Crippen LogP contribution is -2.06. The summed E-state index contributed by atoms with van der Waals surface area (Å²) < 4.78 is 44.9.